The summed E-state index contributed by atoms with van der Waals surface area (Å²) in [6, 6.07) is 9.57. The zero-order valence-corrected chi connectivity index (χ0v) is 10.2. The molecule has 18 heavy (non-hydrogen) atoms. The van der Waals surface area contributed by atoms with Crippen molar-refractivity contribution in [1.82, 2.24) is 0 Å². The van der Waals surface area contributed by atoms with E-state index in [4.69, 9.17) is 15.2 Å². The molecule has 0 bridgehead atoms. The molecule has 0 spiro atoms. The fourth-order valence-corrected chi connectivity index (χ4v) is 1.63. The van der Waals surface area contributed by atoms with Crippen molar-refractivity contribution in [2.75, 3.05) is 12.8 Å². The molecule has 3 nitrogen and oxygen atoms in total. The van der Waals surface area contributed by atoms with E-state index in [1.807, 2.05) is 19.1 Å². The van der Waals surface area contributed by atoms with Gasteiger partial charge in [0.2, 0.25) is 0 Å². The summed E-state index contributed by atoms with van der Waals surface area (Å²) in [4.78, 5) is 0. The monoisotopic (exact) mass is 247 g/mol. The van der Waals surface area contributed by atoms with Gasteiger partial charge < -0.3 is 15.2 Å². The Morgan fingerprint density at radius 3 is 2.50 bits per heavy atom. The number of hydrogen-bond donors (Lipinski definition) is 1. The quantitative estimate of drug-likeness (QED) is 0.844. The summed E-state index contributed by atoms with van der Waals surface area (Å²) in [5, 5.41) is 0. The minimum Gasteiger partial charge on any atom is -0.493 e. The number of ether oxygens (including phenoxy) is 2. The summed E-state index contributed by atoms with van der Waals surface area (Å²) >= 11 is 0. The Bertz CT molecular complexity index is 549. The number of anilines is 1. The molecule has 0 radical (unpaired) electrons. The van der Waals surface area contributed by atoms with Crippen LogP contribution in [-0.2, 0) is 0 Å². The van der Waals surface area contributed by atoms with Gasteiger partial charge in [-0.3, -0.25) is 0 Å². The molecule has 2 aromatic carbocycles. The largest absolute Gasteiger partial charge is 0.493 e. The van der Waals surface area contributed by atoms with Crippen LogP contribution in [0.4, 0.5) is 10.1 Å². The van der Waals surface area contributed by atoms with E-state index in [0.717, 1.165) is 5.56 Å². The average Bonchev–Trinajstić information content (AvgIpc) is 2.30. The van der Waals surface area contributed by atoms with Crippen LogP contribution in [0, 0.1) is 12.7 Å². The third-order valence-corrected chi connectivity index (χ3v) is 2.44. The molecular formula is C14H14FNO2. The summed E-state index contributed by atoms with van der Waals surface area (Å²) in [5.74, 6) is 1.02. The van der Waals surface area contributed by atoms with Crippen LogP contribution in [0.2, 0.25) is 0 Å². The van der Waals surface area contributed by atoms with Gasteiger partial charge in [-0.05, 0) is 30.7 Å². The SMILES string of the molecule is COc1cc(C)ccc1Oc1cc(N)cc(F)c1. The number of nitrogen functional groups attached to an aromatic ring is 1. The van der Waals surface area contributed by atoms with Gasteiger partial charge in [0.05, 0.1) is 7.11 Å². The van der Waals surface area contributed by atoms with Crippen LogP contribution >= 0.6 is 0 Å². The third kappa shape index (κ3) is 2.71. The summed E-state index contributed by atoms with van der Waals surface area (Å²) in [7, 11) is 1.56. The third-order valence-electron chi connectivity index (χ3n) is 2.44. The van der Waals surface area contributed by atoms with E-state index >= 15 is 0 Å². The molecule has 0 aromatic heterocycles. The molecule has 0 saturated carbocycles. The number of halogens is 1. The Morgan fingerprint density at radius 2 is 1.83 bits per heavy atom. The standard InChI is InChI=1S/C14H14FNO2/c1-9-3-4-13(14(5-9)17-2)18-12-7-10(15)6-11(16)8-12/h3-8H,16H2,1-2H3. The van der Waals surface area contributed by atoms with Gasteiger partial charge >= 0.3 is 0 Å². The molecule has 4 heteroatoms. The van der Waals surface area contributed by atoms with Crippen LogP contribution in [-0.4, -0.2) is 7.11 Å². The topological polar surface area (TPSA) is 44.5 Å². The smallest absolute Gasteiger partial charge is 0.169 e. The van der Waals surface area contributed by atoms with Crippen molar-refractivity contribution in [3.8, 4) is 17.2 Å². The first-order valence-electron chi connectivity index (χ1n) is 5.47. The fraction of sp³-hybridized carbons (Fsp3) is 0.143. The van der Waals surface area contributed by atoms with Gasteiger partial charge in [-0.1, -0.05) is 6.07 Å². The van der Waals surface area contributed by atoms with E-state index < -0.39 is 5.82 Å². The van der Waals surface area contributed by atoms with E-state index in [9.17, 15) is 4.39 Å². The summed E-state index contributed by atoms with van der Waals surface area (Å²) in [6.07, 6.45) is 0. The van der Waals surface area contributed by atoms with Gasteiger partial charge in [0, 0.05) is 17.8 Å². The minimum absolute atomic E-state index is 0.316. The maximum Gasteiger partial charge on any atom is 0.169 e. The predicted molar refractivity (Wildman–Crippen MR) is 68.6 cm³/mol. The molecule has 0 fully saturated rings. The average molecular weight is 247 g/mol. The van der Waals surface area contributed by atoms with Crippen LogP contribution in [0.5, 0.6) is 17.2 Å². The lowest BCUT2D eigenvalue weighted by Crippen LogP contribution is -1.93. The first kappa shape index (κ1) is 12.2. The molecule has 94 valence electrons. The van der Waals surface area contributed by atoms with Crippen molar-refractivity contribution in [1.29, 1.82) is 0 Å². The number of aryl methyl sites for hydroxylation is 1. The zero-order chi connectivity index (χ0) is 13.1. The molecule has 0 aliphatic carbocycles. The number of nitrogens with two attached hydrogens (primary N) is 1. The number of rotatable bonds is 3. The molecule has 0 amide bonds. The maximum absolute atomic E-state index is 13.2. The Morgan fingerprint density at radius 1 is 1.06 bits per heavy atom. The van der Waals surface area contributed by atoms with Crippen molar-refractivity contribution >= 4 is 5.69 Å². The van der Waals surface area contributed by atoms with Crippen LogP contribution < -0.4 is 15.2 Å². The molecule has 0 heterocycles. The second kappa shape index (κ2) is 4.96. The lowest BCUT2D eigenvalue weighted by atomic mass is 10.2. The van der Waals surface area contributed by atoms with E-state index in [-0.39, 0.29) is 0 Å². The van der Waals surface area contributed by atoms with Gasteiger partial charge in [-0.25, -0.2) is 4.39 Å². The number of hydrogen-bond acceptors (Lipinski definition) is 3. The number of methoxy groups -OCH3 is 1. The summed E-state index contributed by atoms with van der Waals surface area (Å²) in [5.41, 5.74) is 6.93. The Balaban J connectivity index is 2.33. The first-order valence-corrected chi connectivity index (χ1v) is 5.47. The van der Waals surface area contributed by atoms with E-state index in [2.05, 4.69) is 0 Å². The molecule has 2 N–H and O–H groups in total. The van der Waals surface area contributed by atoms with E-state index in [0.29, 0.717) is 22.9 Å². The van der Waals surface area contributed by atoms with Crippen LogP contribution in [0.15, 0.2) is 36.4 Å². The second-order valence-electron chi connectivity index (χ2n) is 3.98. The highest BCUT2D eigenvalue weighted by atomic mass is 19.1. The molecular weight excluding hydrogens is 233 g/mol. The van der Waals surface area contributed by atoms with Crippen LogP contribution in [0.25, 0.3) is 0 Å². The van der Waals surface area contributed by atoms with Crippen LogP contribution in [0.3, 0.4) is 0 Å². The van der Waals surface area contributed by atoms with Gasteiger partial charge in [0.25, 0.3) is 0 Å². The van der Waals surface area contributed by atoms with Crippen molar-refractivity contribution < 1.29 is 13.9 Å². The zero-order valence-electron chi connectivity index (χ0n) is 10.2. The Hall–Kier alpha value is -2.23. The normalized spacial score (nSPS) is 10.2. The first-order chi connectivity index (χ1) is 8.58. The minimum atomic E-state index is -0.434. The second-order valence-corrected chi connectivity index (χ2v) is 3.98. The van der Waals surface area contributed by atoms with Crippen molar-refractivity contribution in [3.05, 3.63) is 47.8 Å². The lowest BCUT2D eigenvalue weighted by Gasteiger charge is -2.11. The Kier molecular flexibility index (Phi) is 3.37. The van der Waals surface area contributed by atoms with Gasteiger partial charge in [0.15, 0.2) is 11.5 Å². The van der Waals surface area contributed by atoms with Crippen molar-refractivity contribution in [2.24, 2.45) is 0 Å². The Labute approximate surface area is 105 Å². The highest BCUT2D eigenvalue weighted by Gasteiger charge is 2.07. The fourth-order valence-electron chi connectivity index (χ4n) is 1.63. The predicted octanol–water partition coefficient (Wildman–Crippen LogP) is 3.52. The number of benzene rings is 2. The molecule has 0 aliphatic rings. The molecule has 0 aliphatic heterocycles. The molecule has 2 rings (SSSR count). The molecule has 0 atom stereocenters. The van der Waals surface area contributed by atoms with E-state index in [1.165, 1.54) is 12.1 Å². The molecule has 0 unspecified atom stereocenters. The van der Waals surface area contributed by atoms with Crippen molar-refractivity contribution in [2.45, 2.75) is 6.92 Å². The van der Waals surface area contributed by atoms with Crippen LogP contribution in [0.1, 0.15) is 5.56 Å². The summed E-state index contributed by atoms with van der Waals surface area (Å²) < 4.78 is 24.0. The summed E-state index contributed by atoms with van der Waals surface area (Å²) in [6.45, 7) is 1.95. The van der Waals surface area contributed by atoms with Gasteiger partial charge in [-0.15, -0.1) is 0 Å². The highest BCUT2D eigenvalue weighted by Crippen LogP contribution is 2.33. The lowest BCUT2D eigenvalue weighted by molar-refractivity contribution is 0.378. The molecule has 0 saturated heterocycles. The van der Waals surface area contributed by atoms with Gasteiger partial charge in [0.1, 0.15) is 11.6 Å². The van der Waals surface area contributed by atoms with Crippen molar-refractivity contribution in [3.63, 3.8) is 0 Å². The molecule has 2 aromatic rings. The van der Waals surface area contributed by atoms with E-state index in [1.54, 1.807) is 19.2 Å². The maximum atomic E-state index is 13.2. The highest BCUT2D eigenvalue weighted by molar-refractivity contribution is 5.49. The van der Waals surface area contributed by atoms with Gasteiger partial charge in [-0.2, -0.15) is 0 Å².